The molecule has 2 rings (SSSR count). The third kappa shape index (κ3) is 3.52. The number of hydrogen-bond donors (Lipinski definition) is 1. The SMILES string of the molecule is CCC(O)Cc1ccc(C(=O)c2ccccc2)cc1. The summed E-state index contributed by atoms with van der Waals surface area (Å²) in [5.74, 6) is 0.0307. The molecule has 1 unspecified atom stereocenters. The molecule has 0 aliphatic rings. The zero-order chi connectivity index (χ0) is 13.7. The number of ketones is 1. The molecule has 0 amide bonds. The summed E-state index contributed by atoms with van der Waals surface area (Å²) in [5.41, 5.74) is 2.43. The summed E-state index contributed by atoms with van der Waals surface area (Å²) >= 11 is 0. The number of aliphatic hydroxyl groups excluding tert-OH is 1. The van der Waals surface area contributed by atoms with Gasteiger partial charge in [0.05, 0.1) is 6.10 Å². The number of carbonyl (C=O) groups excluding carboxylic acids is 1. The van der Waals surface area contributed by atoms with Crippen molar-refractivity contribution in [3.05, 3.63) is 71.3 Å². The van der Waals surface area contributed by atoms with Gasteiger partial charge >= 0.3 is 0 Å². The van der Waals surface area contributed by atoms with E-state index in [9.17, 15) is 9.90 Å². The molecule has 0 aromatic heterocycles. The van der Waals surface area contributed by atoms with Crippen molar-refractivity contribution in [1.29, 1.82) is 0 Å². The lowest BCUT2D eigenvalue weighted by molar-refractivity contribution is 0.103. The van der Waals surface area contributed by atoms with Crippen LogP contribution in [0.5, 0.6) is 0 Å². The highest BCUT2D eigenvalue weighted by Gasteiger charge is 2.09. The van der Waals surface area contributed by atoms with Crippen LogP contribution in [0.25, 0.3) is 0 Å². The van der Waals surface area contributed by atoms with Crippen molar-refractivity contribution in [2.24, 2.45) is 0 Å². The van der Waals surface area contributed by atoms with Crippen LogP contribution in [-0.4, -0.2) is 17.0 Å². The topological polar surface area (TPSA) is 37.3 Å². The van der Waals surface area contributed by atoms with E-state index in [1.165, 1.54) is 0 Å². The standard InChI is InChI=1S/C17H18O2/c1-2-16(18)12-13-8-10-15(11-9-13)17(19)14-6-4-3-5-7-14/h3-11,16,18H,2,12H2,1H3. The van der Waals surface area contributed by atoms with Crippen LogP contribution in [0.4, 0.5) is 0 Å². The van der Waals surface area contributed by atoms with E-state index < -0.39 is 0 Å². The van der Waals surface area contributed by atoms with Crippen molar-refractivity contribution in [2.45, 2.75) is 25.9 Å². The average molecular weight is 254 g/mol. The molecule has 19 heavy (non-hydrogen) atoms. The van der Waals surface area contributed by atoms with Crippen LogP contribution in [0.2, 0.25) is 0 Å². The monoisotopic (exact) mass is 254 g/mol. The maximum Gasteiger partial charge on any atom is 0.193 e. The fourth-order valence-corrected chi connectivity index (χ4v) is 1.96. The molecule has 1 N–H and O–H groups in total. The summed E-state index contributed by atoms with van der Waals surface area (Å²) in [4.78, 5) is 12.2. The van der Waals surface area contributed by atoms with Gasteiger partial charge in [-0.05, 0) is 18.4 Å². The number of hydrogen-bond acceptors (Lipinski definition) is 2. The second-order valence-corrected chi connectivity index (χ2v) is 4.66. The van der Waals surface area contributed by atoms with Crippen molar-refractivity contribution in [3.8, 4) is 0 Å². The molecule has 2 nitrogen and oxygen atoms in total. The first-order chi connectivity index (χ1) is 9.20. The van der Waals surface area contributed by atoms with Gasteiger partial charge in [-0.25, -0.2) is 0 Å². The van der Waals surface area contributed by atoms with Gasteiger partial charge in [0.15, 0.2) is 5.78 Å². The number of carbonyl (C=O) groups is 1. The smallest absolute Gasteiger partial charge is 0.193 e. The number of aliphatic hydroxyl groups is 1. The summed E-state index contributed by atoms with van der Waals surface area (Å²) in [6.07, 6.45) is 1.07. The maximum atomic E-state index is 12.2. The largest absolute Gasteiger partial charge is 0.393 e. The van der Waals surface area contributed by atoms with Crippen LogP contribution in [0, 0.1) is 0 Å². The van der Waals surface area contributed by atoms with Gasteiger partial charge in [-0.3, -0.25) is 4.79 Å². The molecule has 0 heterocycles. The lowest BCUT2D eigenvalue weighted by Crippen LogP contribution is -2.08. The van der Waals surface area contributed by atoms with E-state index >= 15 is 0 Å². The van der Waals surface area contributed by atoms with Crippen molar-refractivity contribution in [1.82, 2.24) is 0 Å². The maximum absolute atomic E-state index is 12.2. The predicted octanol–water partition coefficient (Wildman–Crippen LogP) is 3.23. The Morgan fingerprint density at radius 3 is 2.16 bits per heavy atom. The molecule has 0 bridgehead atoms. The highest BCUT2D eigenvalue weighted by Crippen LogP contribution is 2.12. The molecule has 0 spiro atoms. The summed E-state index contributed by atoms with van der Waals surface area (Å²) in [5, 5.41) is 9.60. The zero-order valence-electron chi connectivity index (χ0n) is 11.0. The molecule has 2 aromatic carbocycles. The Hall–Kier alpha value is -1.93. The van der Waals surface area contributed by atoms with Gasteiger partial charge in [0.1, 0.15) is 0 Å². The predicted molar refractivity (Wildman–Crippen MR) is 76.3 cm³/mol. The summed E-state index contributed by atoms with van der Waals surface area (Å²) < 4.78 is 0. The van der Waals surface area contributed by atoms with Crippen LogP contribution in [0.3, 0.4) is 0 Å². The second kappa shape index (κ2) is 6.30. The first-order valence-corrected chi connectivity index (χ1v) is 6.57. The highest BCUT2D eigenvalue weighted by atomic mass is 16.3. The minimum atomic E-state index is -0.310. The van der Waals surface area contributed by atoms with Crippen molar-refractivity contribution < 1.29 is 9.90 Å². The number of rotatable bonds is 5. The Labute approximate surface area is 113 Å². The summed E-state index contributed by atoms with van der Waals surface area (Å²) in [6.45, 7) is 1.96. The van der Waals surface area contributed by atoms with Gasteiger partial charge < -0.3 is 5.11 Å². The van der Waals surface area contributed by atoms with E-state index in [1.807, 2.05) is 61.5 Å². The molecule has 0 aliphatic carbocycles. The molecule has 0 fully saturated rings. The Balaban J connectivity index is 2.12. The van der Waals surface area contributed by atoms with E-state index in [4.69, 9.17) is 0 Å². The normalized spacial score (nSPS) is 12.1. The summed E-state index contributed by atoms with van der Waals surface area (Å²) in [7, 11) is 0. The third-order valence-corrected chi connectivity index (χ3v) is 3.19. The molecular formula is C17H18O2. The fraction of sp³-hybridized carbons (Fsp3) is 0.235. The molecule has 2 aromatic rings. The first-order valence-electron chi connectivity index (χ1n) is 6.57. The molecule has 0 saturated heterocycles. The van der Waals surface area contributed by atoms with E-state index in [0.29, 0.717) is 17.5 Å². The van der Waals surface area contributed by atoms with Gasteiger partial charge in [0, 0.05) is 11.1 Å². The summed E-state index contributed by atoms with van der Waals surface area (Å²) in [6, 6.07) is 16.7. The Morgan fingerprint density at radius 2 is 1.58 bits per heavy atom. The second-order valence-electron chi connectivity index (χ2n) is 4.66. The fourth-order valence-electron chi connectivity index (χ4n) is 1.96. The van der Waals surface area contributed by atoms with Crippen LogP contribution in [-0.2, 0) is 6.42 Å². The van der Waals surface area contributed by atoms with E-state index in [1.54, 1.807) is 0 Å². The lowest BCUT2D eigenvalue weighted by atomic mass is 10.00. The van der Waals surface area contributed by atoms with Crippen LogP contribution in [0.15, 0.2) is 54.6 Å². The molecule has 98 valence electrons. The molecule has 0 saturated carbocycles. The molecular weight excluding hydrogens is 236 g/mol. The van der Waals surface area contributed by atoms with E-state index in [0.717, 1.165) is 12.0 Å². The van der Waals surface area contributed by atoms with Crippen molar-refractivity contribution in [3.63, 3.8) is 0 Å². The third-order valence-electron chi connectivity index (χ3n) is 3.19. The molecule has 0 aliphatic heterocycles. The first kappa shape index (κ1) is 13.5. The van der Waals surface area contributed by atoms with Gasteiger partial charge in [-0.1, -0.05) is 61.5 Å². The van der Waals surface area contributed by atoms with E-state index in [-0.39, 0.29) is 11.9 Å². The van der Waals surface area contributed by atoms with Crippen LogP contribution >= 0.6 is 0 Å². The Kier molecular flexibility index (Phi) is 4.48. The highest BCUT2D eigenvalue weighted by molar-refractivity contribution is 6.08. The zero-order valence-corrected chi connectivity index (χ0v) is 11.0. The quantitative estimate of drug-likeness (QED) is 0.832. The van der Waals surface area contributed by atoms with Crippen LogP contribution in [0.1, 0.15) is 34.8 Å². The molecule has 0 radical (unpaired) electrons. The van der Waals surface area contributed by atoms with Crippen molar-refractivity contribution >= 4 is 5.78 Å². The minimum absolute atomic E-state index is 0.0307. The van der Waals surface area contributed by atoms with Crippen LogP contribution < -0.4 is 0 Å². The average Bonchev–Trinajstić information content (AvgIpc) is 2.48. The number of benzene rings is 2. The Bertz CT molecular complexity index is 529. The lowest BCUT2D eigenvalue weighted by Gasteiger charge is -2.08. The van der Waals surface area contributed by atoms with E-state index in [2.05, 4.69) is 0 Å². The van der Waals surface area contributed by atoms with Gasteiger partial charge in [0.2, 0.25) is 0 Å². The Morgan fingerprint density at radius 1 is 1.00 bits per heavy atom. The van der Waals surface area contributed by atoms with Gasteiger partial charge in [-0.15, -0.1) is 0 Å². The molecule has 2 heteroatoms. The minimum Gasteiger partial charge on any atom is -0.393 e. The van der Waals surface area contributed by atoms with Gasteiger partial charge in [0.25, 0.3) is 0 Å². The van der Waals surface area contributed by atoms with Gasteiger partial charge in [-0.2, -0.15) is 0 Å². The molecule has 1 atom stereocenters. The van der Waals surface area contributed by atoms with Crippen molar-refractivity contribution in [2.75, 3.05) is 0 Å².